The fourth-order valence-corrected chi connectivity index (χ4v) is 2.86. The summed E-state index contributed by atoms with van der Waals surface area (Å²) in [5.41, 5.74) is 3.27. The van der Waals surface area contributed by atoms with E-state index >= 15 is 0 Å². The summed E-state index contributed by atoms with van der Waals surface area (Å²) >= 11 is 0. The van der Waals surface area contributed by atoms with Crippen molar-refractivity contribution in [3.8, 4) is 11.5 Å². The van der Waals surface area contributed by atoms with Gasteiger partial charge in [0.2, 0.25) is 5.95 Å². The highest BCUT2D eigenvalue weighted by atomic mass is 16.5. The number of aromatic nitrogens is 2. The Morgan fingerprint density at radius 1 is 0.931 bits per heavy atom. The Morgan fingerprint density at radius 3 is 2.38 bits per heavy atom. The van der Waals surface area contributed by atoms with Gasteiger partial charge in [0, 0.05) is 38.2 Å². The van der Waals surface area contributed by atoms with E-state index in [1.807, 2.05) is 50.5 Å². The van der Waals surface area contributed by atoms with Crippen LogP contribution in [0.15, 0.2) is 54.7 Å². The van der Waals surface area contributed by atoms with Crippen molar-refractivity contribution in [2.75, 3.05) is 50.4 Å². The smallest absolute Gasteiger partial charge is 0.224 e. The topological polar surface area (TPSA) is 71.5 Å². The molecule has 3 aromatic rings. The Hall–Kier alpha value is -3.48. The van der Waals surface area contributed by atoms with Gasteiger partial charge in [-0.05, 0) is 54.4 Å². The number of hydrogen-bond donors (Lipinski definition) is 2. The van der Waals surface area contributed by atoms with Gasteiger partial charge in [0.25, 0.3) is 0 Å². The van der Waals surface area contributed by atoms with Crippen LogP contribution in [0.5, 0.6) is 11.5 Å². The summed E-state index contributed by atoms with van der Waals surface area (Å²) in [5.74, 6) is 2.78. The lowest BCUT2D eigenvalue weighted by atomic mass is 10.1. The number of anilines is 4. The van der Waals surface area contributed by atoms with Crippen molar-refractivity contribution >= 4 is 23.1 Å². The van der Waals surface area contributed by atoms with Crippen LogP contribution in [-0.2, 0) is 6.42 Å². The predicted molar refractivity (Wildman–Crippen MR) is 118 cm³/mol. The van der Waals surface area contributed by atoms with Crippen molar-refractivity contribution < 1.29 is 9.47 Å². The molecule has 29 heavy (non-hydrogen) atoms. The van der Waals surface area contributed by atoms with Gasteiger partial charge in [-0.25, -0.2) is 4.98 Å². The van der Waals surface area contributed by atoms with Gasteiger partial charge >= 0.3 is 0 Å². The molecular weight excluding hydrogens is 366 g/mol. The summed E-state index contributed by atoms with van der Waals surface area (Å²) in [5, 5.41) is 6.57. The first kappa shape index (κ1) is 20.3. The minimum Gasteiger partial charge on any atom is -0.493 e. The van der Waals surface area contributed by atoms with E-state index in [1.54, 1.807) is 20.4 Å². The van der Waals surface area contributed by atoms with E-state index in [1.165, 1.54) is 0 Å². The van der Waals surface area contributed by atoms with Crippen LogP contribution < -0.4 is 25.0 Å². The molecule has 0 unspecified atom stereocenters. The summed E-state index contributed by atoms with van der Waals surface area (Å²) in [6.07, 6.45) is 2.55. The number of hydrogen-bond acceptors (Lipinski definition) is 7. The third kappa shape index (κ3) is 5.51. The fourth-order valence-electron chi connectivity index (χ4n) is 2.86. The summed E-state index contributed by atoms with van der Waals surface area (Å²) in [4.78, 5) is 10.9. The second-order valence-electron chi connectivity index (χ2n) is 6.70. The van der Waals surface area contributed by atoms with E-state index in [-0.39, 0.29) is 0 Å². The average molecular weight is 393 g/mol. The van der Waals surface area contributed by atoms with Gasteiger partial charge in [-0.1, -0.05) is 6.07 Å². The lowest BCUT2D eigenvalue weighted by Gasteiger charge is -2.13. The summed E-state index contributed by atoms with van der Waals surface area (Å²) < 4.78 is 10.6. The molecule has 0 aliphatic rings. The van der Waals surface area contributed by atoms with Crippen LogP contribution in [0.2, 0.25) is 0 Å². The van der Waals surface area contributed by atoms with Gasteiger partial charge in [0.1, 0.15) is 5.82 Å². The lowest BCUT2D eigenvalue weighted by molar-refractivity contribution is 0.354. The molecule has 0 fully saturated rings. The Labute approximate surface area is 171 Å². The second kappa shape index (κ2) is 9.64. The zero-order chi connectivity index (χ0) is 20.6. The van der Waals surface area contributed by atoms with E-state index in [2.05, 4.69) is 37.6 Å². The van der Waals surface area contributed by atoms with Crippen LogP contribution in [0, 0.1) is 0 Å². The van der Waals surface area contributed by atoms with Crippen LogP contribution in [0.25, 0.3) is 0 Å². The largest absolute Gasteiger partial charge is 0.493 e. The van der Waals surface area contributed by atoms with E-state index in [4.69, 9.17) is 9.47 Å². The third-order valence-electron chi connectivity index (χ3n) is 4.46. The standard InChI is InChI=1S/C22H27N5O2/c1-27(2)18-8-6-17(7-9-18)25-21-12-14-24-22(26-21)23-13-11-16-5-10-19(28-3)20(15-16)29-4/h5-10,12,14-15H,11,13H2,1-4H3,(H2,23,24,25,26). The molecule has 2 aromatic carbocycles. The molecule has 2 N–H and O–H groups in total. The van der Waals surface area contributed by atoms with Crippen molar-refractivity contribution in [1.29, 1.82) is 0 Å². The average Bonchev–Trinajstić information content (AvgIpc) is 2.74. The monoisotopic (exact) mass is 393 g/mol. The van der Waals surface area contributed by atoms with Gasteiger partial charge < -0.3 is 25.0 Å². The highest BCUT2D eigenvalue weighted by molar-refractivity contribution is 5.61. The van der Waals surface area contributed by atoms with Crippen molar-refractivity contribution in [2.45, 2.75) is 6.42 Å². The zero-order valence-corrected chi connectivity index (χ0v) is 17.3. The molecule has 0 amide bonds. The number of benzene rings is 2. The molecule has 7 heteroatoms. The predicted octanol–water partition coefficient (Wildman–Crippen LogP) is 3.96. The van der Waals surface area contributed by atoms with Crippen LogP contribution >= 0.6 is 0 Å². The number of nitrogens with one attached hydrogen (secondary N) is 2. The van der Waals surface area contributed by atoms with E-state index in [0.717, 1.165) is 40.7 Å². The minimum atomic E-state index is 0.584. The van der Waals surface area contributed by atoms with Crippen molar-refractivity contribution in [3.05, 3.63) is 60.3 Å². The molecule has 3 rings (SSSR count). The molecule has 0 saturated carbocycles. The van der Waals surface area contributed by atoms with Crippen LogP contribution in [0.1, 0.15) is 5.56 Å². The molecule has 0 aliphatic carbocycles. The zero-order valence-electron chi connectivity index (χ0n) is 17.3. The molecule has 7 nitrogen and oxygen atoms in total. The molecule has 152 valence electrons. The maximum atomic E-state index is 5.35. The van der Waals surface area contributed by atoms with E-state index in [9.17, 15) is 0 Å². The highest BCUT2D eigenvalue weighted by Crippen LogP contribution is 2.27. The first-order valence-electron chi connectivity index (χ1n) is 9.41. The van der Waals surface area contributed by atoms with Gasteiger partial charge in [-0.3, -0.25) is 0 Å². The number of ether oxygens (including phenoxy) is 2. The molecule has 0 bridgehead atoms. The number of rotatable bonds is 9. The van der Waals surface area contributed by atoms with Crippen molar-refractivity contribution in [2.24, 2.45) is 0 Å². The van der Waals surface area contributed by atoms with E-state index in [0.29, 0.717) is 12.5 Å². The first-order valence-corrected chi connectivity index (χ1v) is 9.41. The third-order valence-corrected chi connectivity index (χ3v) is 4.46. The second-order valence-corrected chi connectivity index (χ2v) is 6.70. The maximum absolute atomic E-state index is 5.35. The Balaban J connectivity index is 1.57. The Kier molecular flexibility index (Phi) is 6.73. The number of methoxy groups -OCH3 is 2. The molecule has 0 radical (unpaired) electrons. The summed E-state index contributed by atoms with van der Waals surface area (Å²) in [6.45, 7) is 0.705. The molecule has 0 atom stereocenters. The Morgan fingerprint density at radius 2 is 1.69 bits per heavy atom. The molecule has 1 heterocycles. The van der Waals surface area contributed by atoms with Crippen LogP contribution in [-0.4, -0.2) is 44.8 Å². The van der Waals surface area contributed by atoms with Gasteiger partial charge in [0.05, 0.1) is 14.2 Å². The summed E-state index contributed by atoms with van der Waals surface area (Å²) in [7, 11) is 7.31. The van der Waals surface area contributed by atoms with Gasteiger partial charge in [-0.2, -0.15) is 4.98 Å². The lowest BCUT2D eigenvalue weighted by Crippen LogP contribution is -2.09. The quantitative estimate of drug-likeness (QED) is 0.570. The molecule has 0 aliphatic heterocycles. The number of nitrogens with zero attached hydrogens (tertiary/aromatic N) is 3. The van der Waals surface area contributed by atoms with Crippen LogP contribution in [0.3, 0.4) is 0 Å². The van der Waals surface area contributed by atoms with Gasteiger partial charge in [0.15, 0.2) is 11.5 Å². The fraction of sp³-hybridized carbons (Fsp3) is 0.273. The highest BCUT2D eigenvalue weighted by Gasteiger charge is 2.05. The minimum absolute atomic E-state index is 0.584. The Bertz CT molecular complexity index is 929. The van der Waals surface area contributed by atoms with Gasteiger partial charge in [-0.15, -0.1) is 0 Å². The maximum Gasteiger partial charge on any atom is 0.224 e. The van der Waals surface area contributed by atoms with Crippen molar-refractivity contribution in [3.63, 3.8) is 0 Å². The van der Waals surface area contributed by atoms with E-state index < -0.39 is 0 Å². The SMILES string of the molecule is COc1ccc(CCNc2nccc(Nc3ccc(N(C)C)cc3)n2)cc1OC. The molecular formula is C22H27N5O2. The molecule has 0 spiro atoms. The molecule has 1 aromatic heterocycles. The first-order chi connectivity index (χ1) is 14.1. The van der Waals surface area contributed by atoms with Crippen molar-refractivity contribution in [1.82, 2.24) is 9.97 Å². The summed E-state index contributed by atoms with van der Waals surface area (Å²) in [6, 6.07) is 16.0. The van der Waals surface area contributed by atoms with Crippen LogP contribution in [0.4, 0.5) is 23.1 Å². The normalized spacial score (nSPS) is 10.3. The molecule has 0 saturated heterocycles.